The Morgan fingerprint density at radius 3 is 2.58 bits per heavy atom. The molecule has 0 radical (unpaired) electrons. The Hall–Kier alpha value is -2.46. The largest absolute Gasteiger partial charge is 0.468 e. The fraction of sp³-hybridized carbons (Fsp3) is 0.500. The van der Waals surface area contributed by atoms with Gasteiger partial charge in [-0.3, -0.25) is 19.0 Å². The number of fused-ring (bicyclic) bond motifs is 3. The van der Waals surface area contributed by atoms with Gasteiger partial charge in [0.1, 0.15) is 17.9 Å². The minimum absolute atomic E-state index is 0.308. The fourth-order valence-corrected chi connectivity index (χ4v) is 4.25. The summed E-state index contributed by atoms with van der Waals surface area (Å²) in [4.78, 5) is 50.0. The van der Waals surface area contributed by atoms with Crippen LogP contribution in [0.25, 0.3) is 10.2 Å². The first-order chi connectivity index (χ1) is 12.1. The Morgan fingerprint density at radius 1 is 1.27 bits per heavy atom. The molecule has 0 spiro atoms. The van der Waals surface area contributed by atoms with Gasteiger partial charge in [-0.05, 0) is 19.4 Å². The Bertz CT molecular complexity index is 1030. The van der Waals surface area contributed by atoms with Gasteiger partial charge in [0.15, 0.2) is 0 Å². The smallest absolute Gasteiger partial charge is 0.333 e. The number of ether oxygens (including phenoxy) is 2. The summed E-state index contributed by atoms with van der Waals surface area (Å²) in [7, 11) is 1.17. The van der Waals surface area contributed by atoms with Crippen LogP contribution in [0.15, 0.2) is 9.59 Å². The number of primary amides is 1. The average Bonchev–Trinajstić information content (AvgIpc) is 2.92. The van der Waals surface area contributed by atoms with Crippen LogP contribution in [-0.4, -0.2) is 33.7 Å². The van der Waals surface area contributed by atoms with Crippen molar-refractivity contribution in [2.45, 2.75) is 45.6 Å². The number of esters is 1. The van der Waals surface area contributed by atoms with E-state index in [4.69, 9.17) is 10.5 Å². The van der Waals surface area contributed by atoms with E-state index in [2.05, 4.69) is 4.74 Å². The third kappa shape index (κ3) is 3.06. The highest BCUT2D eigenvalue weighted by atomic mass is 32.1. The number of nitrogens with two attached hydrogens (primary N) is 1. The van der Waals surface area contributed by atoms with Crippen molar-refractivity contribution in [2.24, 2.45) is 5.73 Å². The number of thiophene rings is 1. The molecule has 3 heterocycles. The van der Waals surface area contributed by atoms with Gasteiger partial charge in [-0.1, -0.05) is 0 Å². The lowest BCUT2D eigenvalue weighted by Crippen LogP contribution is -2.43. The minimum atomic E-state index is -0.773. The predicted octanol–water partition coefficient (Wildman–Crippen LogP) is -0.266. The second-order valence-electron chi connectivity index (χ2n) is 6.71. The van der Waals surface area contributed by atoms with Gasteiger partial charge in [0.25, 0.3) is 5.56 Å². The topological polar surface area (TPSA) is 123 Å². The Labute approximate surface area is 151 Å². The lowest BCUT2D eigenvalue weighted by Gasteiger charge is -2.29. The molecule has 1 aliphatic rings. The van der Waals surface area contributed by atoms with E-state index in [1.54, 1.807) is 0 Å². The van der Waals surface area contributed by atoms with E-state index in [1.807, 2.05) is 13.8 Å². The SMILES string of the molecule is COC(=O)Cn1c(=O)c2c3c(sc2n(CC(N)=O)c1=O)COC(C)(C)C3. The lowest BCUT2D eigenvalue weighted by molar-refractivity contribution is -0.141. The maximum Gasteiger partial charge on any atom is 0.333 e. The van der Waals surface area contributed by atoms with Gasteiger partial charge in [-0.15, -0.1) is 11.3 Å². The first kappa shape index (κ1) is 18.3. The van der Waals surface area contributed by atoms with Crippen molar-refractivity contribution in [3.8, 4) is 0 Å². The summed E-state index contributed by atoms with van der Waals surface area (Å²) in [5, 5.41) is 0.325. The van der Waals surface area contributed by atoms with Crippen LogP contribution in [0.4, 0.5) is 0 Å². The van der Waals surface area contributed by atoms with E-state index in [9.17, 15) is 19.2 Å². The summed E-state index contributed by atoms with van der Waals surface area (Å²) in [5.41, 5.74) is 4.23. The number of carbonyl (C=O) groups is 2. The number of rotatable bonds is 4. The number of amides is 1. The van der Waals surface area contributed by atoms with Crippen molar-refractivity contribution in [3.63, 3.8) is 0 Å². The highest BCUT2D eigenvalue weighted by Gasteiger charge is 2.32. The number of aromatic nitrogens is 2. The van der Waals surface area contributed by atoms with Crippen LogP contribution in [0.2, 0.25) is 0 Å². The van der Waals surface area contributed by atoms with Crippen molar-refractivity contribution >= 4 is 33.4 Å². The molecule has 1 aliphatic heterocycles. The van der Waals surface area contributed by atoms with Gasteiger partial charge in [0.05, 0.1) is 24.7 Å². The number of hydrogen-bond donors (Lipinski definition) is 1. The number of hydrogen-bond acceptors (Lipinski definition) is 7. The summed E-state index contributed by atoms with van der Waals surface area (Å²) in [6.45, 7) is 3.20. The molecular formula is C16H19N3O6S. The molecule has 0 saturated carbocycles. The molecule has 10 heteroatoms. The molecule has 0 atom stereocenters. The third-order valence-electron chi connectivity index (χ3n) is 4.26. The average molecular weight is 381 g/mol. The monoisotopic (exact) mass is 381 g/mol. The third-order valence-corrected chi connectivity index (χ3v) is 5.49. The quantitative estimate of drug-likeness (QED) is 0.728. The molecule has 2 N–H and O–H groups in total. The highest BCUT2D eigenvalue weighted by Crippen LogP contribution is 2.37. The molecule has 0 unspecified atom stereocenters. The second kappa shape index (κ2) is 6.36. The second-order valence-corrected chi connectivity index (χ2v) is 7.80. The van der Waals surface area contributed by atoms with E-state index < -0.39 is 35.3 Å². The van der Waals surface area contributed by atoms with Crippen molar-refractivity contribution in [3.05, 3.63) is 31.3 Å². The molecule has 0 bridgehead atoms. The summed E-state index contributed by atoms with van der Waals surface area (Å²) < 4.78 is 12.3. The van der Waals surface area contributed by atoms with Gasteiger partial charge < -0.3 is 15.2 Å². The zero-order valence-electron chi connectivity index (χ0n) is 14.7. The van der Waals surface area contributed by atoms with E-state index in [0.29, 0.717) is 23.2 Å². The first-order valence-electron chi connectivity index (χ1n) is 7.91. The summed E-state index contributed by atoms with van der Waals surface area (Å²) in [5.74, 6) is -1.46. The molecule has 0 saturated heterocycles. The first-order valence-corrected chi connectivity index (χ1v) is 8.73. The number of nitrogens with zero attached hydrogens (tertiary/aromatic N) is 2. The lowest BCUT2D eigenvalue weighted by atomic mass is 9.94. The Morgan fingerprint density at radius 2 is 1.96 bits per heavy atom. The molecule has 9 nitrogen and oxygen atoms in total. The molecule has 2 aromatic heterocycles. The van der Waals surface area contributed by atoms with Crippen LogP contribution in [-0.2, 0) is 45.2 Å². The maximum absolute atomic E-state index is 13.0. The van der Waals surface area contributed by atoms with Crippen LogP contribution in [0.1, 0.15) is 24.3 Å². The maximum atomic E-state index is 13.0. The summed E-state index contributed by atoms with van der Waals surface area (Å²) >= 11 is 1.23. The van der Waals surface area contributed by atoms with E-state index in [0.717, 1.165) is 19.6 Å². The Kier molecular flexibility index (Phi) is 4.49. The van der Waals surface area contributed by atoms with Crippen LogP contribution in [0.3, 0.4) is 0 Å². The number of carbonyl (C=O) groups excluding carboxylic acids is 2. The molecule has 1 amide bonds. The molecular weight excluding hydrogens is 362 g/mol. The predicted molar refractivity (Wildman–Crippen MR) is 94.1 cm³/mol. The molecule has 2 aromatic rings. The van der Waals surface area contributed by atoms with Crippen LogP contribution >= 0.6 is 11.3 Å². The van der Waals surface area contributed by atoms with Gasteiger partial charge in [-0.2, -0.15) is 0 Å². The van der Waals surface area contributed by atoms with Gasteiger partial charge in [0, 0.05) is 11.3 Å². The van der Waals surface area contributed by atoms with Crippen molar-refractivity contribution in [1.82, 2.24) is 9.13 Å². The van der Waals surface area contributed by atoms with Crippen molar-refractivity contribution in [1.29, 1.82) is 0 Å². The molecule has 0 fully saturated rings. The summed E-state index contributed by atoms with van der Waals surface area (Å²) in [6, 6.07) is 0. The number of methoxy groups -OCH3 is 1. The fourth-order valence-electron chi connectivity index (χ4n) is 3.03. The Balaban J connectivity index is 2.36. The van der Waals surface area contributed by atoms with Gasteiger partial charge >= 0.3 is 11.7 Å². The van der Waals surface area contributed by atoms with Crippen LogP contribution in [0, 0.1) is 0 Å². The van der Waals surface area contributed by atoms with E-state index in [-0.39, 0.29) is 6.54 Å². The molecule has 0 aromatic carbocycles. The molecule has 26 heavy (non-hydrogen) atoms. The van der Waals surface area contributed by atoms with Gasteiger partial charge in [0.2, 0.25) is 5.91 Å². The minimum Gasteiger partial charge on any atom is -0.468 e. The molecule has 0 aliphatic carbocycles. The van der Waals surface area contributed by atoms with E-state index >= 15 is 0 Å². The molecule has 140 valence electrons. The summed E-state index contributed by atoms with van der Waals surface area (Å²) in [6.07, 6.45) is 0.477. The standard InChI is InChI=1S/C16H19N3O6S/c1-16(2)4-8-9(7-25-16)26-14-12(8)13(22)18(6-11(21)24-3)15(23)19(14)5-10(17)20/h4-7H2,1-3H3,(H2,17,20). The van der Waals surface area contributed by atoms with E-state index in [1.165, 1.54) is 18.4 Å². The zero-order chi connectivity index (χ0) is 19.2. The van der Waals surface area contributed by atoms with Crippen LogP contribution in [0.5, 0.6) is 0 Å². The normalized spacial score (nSPS) is 15.7. The van der Waals surface area contributed by atoms with Crippen molar-refractivity contribution in [2.75, 3.05) is 7.11 Å². The van der Waals surface area contributed by atoms with Crippen molar-refractivity contribution < 1.29 is 19.1 Å². The van der Waals surface area contributed by atoms with Gasteiger partial charge in [-0.25, -0.2) is 9.36 Å². The zero-order valence-corrected chi connectivity index (χ0v) is 15.5. The highest BCUT2D eigenvalue weighted by molar-refractivity contribution is 7.18. The van der Waals surface area contributed by atoms with Crippen LogP contribution < -0.4 is 17.0 Å². The molecule has 3 rings (SSSR count).